The van der Waals surface area contributed by atoms with Gasteiger partial charge in [-0.25, -0.2) is 0 Å². The van der Waals surface area contributed by atoms with Gasteiger partial charge in [0.2, 0.25) is 0 Å². The Morgan fingerprint density at radius 2 is 1.07 bits per heavy atom. The van der Waals surface area contributed by atoms with Crippen LogP contribution in [0, 0.1) is 0 Å². The van der Waals surface area contributed by atoms with Crippen LogP contribution in [0.3, 0.4) is 0 Å². The van der Waals surface area contributed by atoms with Crippen molar-refractivity contribution in [1.29, 1.82) is 0 Å². The van der Waals surface area contributed by atoms with E-state index in [0.29, 0.717) is 0 Å². The maximum Gasteiger partial charge on any atom is 0.0920 e. The van der Waals surface area contributed by atoms with Gasteiger partial charge in [-0.15, -0.1) is 0 Å². The van der Waals surface area contributed by atoms with Gasteiger partial charge < -0.3 is 14.2 Å². The van der Waals surface area contributed by atoms with E-state index in [2.05, 4.69) is 169 Å². The second-order valence-electron chi connectivity index (χ2n) is 12.9. The molecule has 1 aromatic heterocycles. The van der Waals surface area contributed by atoms with E-state index >= 15 is 0 Å². The molecule has 2 unspecified atom stereocenters. The summed E-state index contributed by atoms with van der Waals surface area (Å²) in [4.78, 5) is 2.36. The van der Waals surface area contributed by atoms with Gasteiger partial charge in [-0.3, -0.25) is 0 Å². The number of hydrogen-bond donors (Lipinski definition) is 0. The Hall–Kier alpha value is -5.12. The summed E-state index contributed by atoms with van der Waals surface area (Å²) in [6.07, 6.45) is 2.13. The standard InChI is InChI=1S/C42H34N2O/c1-41-23-24-42(2,45-41)38-27-29(21-22-37(38)41)30-25-33(43(31-13-5-3-6-14-31)32-15-7-4-8-16-32)28-34(26-30)44-39-19-11-9-17-35(39)36-18-10-12-20-40(36)44/h3-22,25-28H,23-24H2,1-2H3. The molecule has 7 aromatic rings. The molecule has 0 aliphatic carbocycles. The first-order chi connectivity index (χ1) is 22.0. The highest BCUT2D eigenvalue weighted by molar-refractivity contribution is 6.09. The quantitative estimate of drug-likeness (QED) is 0.201. The zero-order valence-corrected chi connectivity index (χ0v) is 25.6. The zero-order valence-electron chi connectivity index (χ0n) is 25.6. The van der Waals surface area contributed by atoms with Crippen molar-refractivity contribution in [2.75, 3.05) is 4.90 Å². The third kappa shape index (κ3) is 4.01. The summed E-state index contributed by atoms with van der Waals surface area (Å²) in [5.41, 5.74) is 11.5. The molecule has 45 heavy (non-hydrogen) atoms. The molecule has 0 amide bonds. The van der Waals surface area contributed by atoms with Gasteiger partial charge in [0.15, 0.2) is 0 Å². The minimum Gasteiger partial charge on any atom is -0.360 e. The molecular weight excluding hydrogens is 548 g/mol. The third-order valence-corrected chi connectivity index (χ3v) is 10.0. The number of hydrogen-bond acceptors (Lipinski definition) is 2. The summed E-state index contributed by atoms with van der Waals surface area (Å²) in [7, 11) is 0. The predicted molar refractivity (Wildman–Crippen MR) is 186 cm³/mol. The highest BCUT2D eigenvalue weighted by atomic mass is 16.5. The molecule has 0 N–H and O–H groups in total. The lowest BCUT2D eigenvalue weighted by Gasteiger charge is -2.27. The van der Waals surface area contributed by atoms with Crippen molar-refractivity contribution in [3.8, 4) is 16.8 Å². The van der Waals surface area contributed by atoms with Gasteiger partial charge in [-0.2, -0.15) is 0 Å². The van der Waals surface area contributed by atoms with Crippen LogP contribution >= 0.6 is 0 Å². The van der Waals surface area contributed by atoms with Gasteiger partial charge in [-0.05, 0) is 110 Å². The number of nitrogens with zero attached hydrogens (tertiary/aromatic N) is 2. The Morgan fingerprint density at radius 3 is 1.69 bits per heavy atom. The molecule has 2 aliphatic rings. The molecule has 2 atom stereocenters. The number of benzene rings is 6. The average molecular weight is 583 g/mol. The fourth-order valence-electron chi connectivity index (χ4n) is 7.90. The highest BCUT2D eigenvalue weighted by Crippen LogP contribution is 2.58. The van der Waals surface area contributed by atoms with Crippen LogP contribution in [0.25, 0.3) is 38.6 Å². The Labute approximate surface area is 263 Å². The molecule has 3 heteroatoms. The van der Waals surface area contributed by atoms with E-state index in [0.717, 1.165) is 35.6 Å². The number of anilines is 3. The number of aromatic nitrogens is 1. The van der Waals surface area contributed by atoms with Crippen LogP contribution in [-0.2, 0) is 15.9 Å². The van der Waals surface area contributed by atoms with Crippen molar-refractivity contribution in [2.24, 2.45) is 0 Å². The van der Waals surface area contributed by atoms with Crippen LogP contribution in [0.15, 0.2) is 146 Å². The summed E-state index contributed by atoms with van der Waals surface area (Å²) in [5, 5.41) is 2.52. The van der Waals surface area contributed by atoms with E-state index < -0.39 is 0 Å². The first-order valence-electron chi connectivity index (χ1n) is 15.9. The van der Waals surface area contributed by atoms with Crippen LogP contribution in [-0.4, -0.2) is 4.57 Å². The van der Waals surface area contributed by atoms with Crippen molar-refractivity contribution >= 4 is 38.9 Å². The van der Waals surface area contributed by atoms with Crippen LogP contribution < -0.4 is 4.90 Å². The summed E-state index contributed by atoms with van der Waals surface area (Å²) in [6.45, 7) is 4.52. The Bertz CT molecular complexity index is 2140. The van der Waals surface area contributed by atoms with E-state index in [1.165, 1.54) is 44.1 Å². The van der Waals surface area contributed by atoms with E-state index in [9.17, 15) is 0 Å². The second kappa shape index (κ2) is 9.69. The van der Waals surface area contributed by atoms with Crippen LogP contribution in [0.1, 0.15) is 37.8 Å². The normalized spacial score (nSPS) is 20.1. The number of ether oxygens (including phenoxy) is 1. The molecule has 218 valence electrons. The maximum absolute atomic E-state index is 6.65. The number of fused-ring (bicyclic) bond motifs is 8. The topological polar surface area (TPSA) is 17.4 Å². The molecule has 3 heterocycles. The summed E-state index contributed by atoms with van der Waals surface area (Å²) in [6, 6.07) is 52.9. The fraction of sp³-hybridized carbons (Fsp3) is 0.143. The smallest absolute Gasteiger partial charge is 0.0920 e. The predicted octanol–water partition coefficient (Wildman–Crippen LogP) is 11.2. The zero-order chi connectivity index (χ0) is 30.2. The molecule has 3 nitrogen and oxygen atoms in total. The molecular formula is C42H34N2O. The van der Waals surface area contributed by atoms with Gasteiger partial charge in [0.25, 0.3) is 0 Å². The van der Waals surface area contributed by atoms with Crippen LogP contribution in [0.4, 0.5) is 17.1 Å². The number of rotatable bonds is 5. The molecule has 2 aliphatic heterocycles. The van der Waals surface area contributed by atoms with E-state index in [4.69, 9.17) is 4.74 Å². The molecule has 2 bridgehead atoms. The lowest BCUT2D eigenvalue weighted by atomic mass is 9.77. The van der Waals surface area contributed by atoms with Gasteiger partial charge in [-0.1, -0.05) is 84.9 Å². The Kier molecular flexibility index (Phi) is 5.66. The van der Waals surface area contributed by atoms with Crippen molar-refractivity contribution in [3.05, 3.63) is 157 Å². The van der Waals surface area contributed by atoms with E-state index in [1.807, 2.05) is 0 Å². The summed E-state index contributed by atoms with van der Waals surface area (Å²) >= 11 is 0. The highest BCUT2D eigenvalue weighted by Gasteiger charge is 2.54. The van der Waals surface area contributed by atoms with Crippen molar-refractivity contribution in [1.82, 2.24) is 4.57 Å². The second-order valence-corrected chi connectivity index (χ2v) is 12.9. The van der Waals surface area contributed by atoms with Crippen molar-refractivity contribution in [2.45, 2.75) is 37.9 Å². The Balaban J connectivity index is 1.33. The first kappa shape index (κ1) is 26.3. The lowest BCUT2D eigenvalue weighted by molar-refractivity contribution is -0.0662. The molecule has 1 fully saturated rings. The van der Waals surface area contributed by atoms with E-state index in [1.54, 1.807) is 0 Å². The molecule has 0 radical (unpaired) electrons. The molecule has 9 rings (SSSR count). The SMILES string of the molecule is CC12CCC(C)(O1)c1cc(-c3cc(N(c4ccccc4)c4ccccc4)cc(-n4c5ccccc5c5ccccc54)c3)ccc12. The first-order valence-corrected chi connectivity index (χ1v) is 15.9. The summed E-state index contributed by atoms with van der Waals surface area (Å²) < 4.78 is 9.08. The van der Waals surface area contributed by atoms with Crippen molar-refractivity contribution in [3.63, 3.8) is 0 Å². The molecule has 6 aromatic carbocycles. The largest absolute Gasteiger partial charge is 0.360 e. The number of para-hydroxylation sites is 4. The van der Waals surface area contributed by atoms with Gasteiger partial charge in [0.1, 0.15) is 0 Å². The Morgan fingerprint density at radius 1 is 0.511 bits per heavy atom. The van der Waals surface area contributed by atoms with E-state index in [-0.39, 0.29) is 11.2 Å². The lowest BCUT2D eigenvalue weighted by Crippen LogP contribution is -2.17. The van der Waals surface area contributed by atoms with Crippen LogP contribution in [0.5, 0.6) is 0 Å². The minimum atomic E-state index is -0.229. The van der Waals surface area contributed by atoms with Gasteiger partial charge >= 0.3 is 0 Å². The fourth-order valence-corrected chi connectivity index (χ4v) is 7.90. The average Bonchev–Trinajstić information content (AvgIpc) is 3.68. The molecule has 1 saturated heterocycles. The third-order valence-electron chi connectivity index (χ3n) is 10.0. The van der Waals surface area contributed by atoms with Gasteiger partial charge in [0, 0.05) is 33.5 Å². The van der Waals surface area contributed by atoms with Crippen molar-refractivity contribution < 1.29 is 4.74 Å². The van der Waals surface area contributed by atoms with Crippen LogP contribution in [0.2, 0.25) is 0 Å². The monoisotopic (exact) mass is 582 g/mol. The van der Waals surface area contributed by atoms with Gasteiger partial charge in [0.05, 0.1) is 22.2 Å². The maximum atomic E-state index is 6.65. The molecule has 0 saturated carbocycles. The molecule has 0 spiro atoms. The summed E-state index contributed by atoms with van der Waals surface area (Å²) in [5.74, 6) is 0. The minimum absolute atomic E-state index is 0.185.